The van der Waals surface area contributed by atoms with Crippen LogP contribution in [-0.2, 0) is 6.42 Å². The lowest BCUT2D eigenvalue weighted by Crippen LogP contribution is -2.24. The molecule has 4 nitrogen and oxygen atoms in total. The minimum Gasteiger partial charge on any atom is -0.370 e. The van der Waals surface area contributed by atoms with Gasteiger partial charge in [-0.2, -0.15) is 0 Å². The fourth-order valence-electron chi connectivity index (χ4n) is 1.62. The Bertz CT molecular complexity index is 321. The van der Waals surface area contributed by atoms with Crippen LogP contribution < -0.4 is 10.2 Å². The maximum atomic E-state index is 4.55. The summed E-state index contributed by atoms with van der Waals surface area (Å²) >= 11 is 0. The first-order valence-electron chi connectivity index (χ1n) is 6.11. The van der Waals surface area contributed by atoms with Crippen LogP contribution in [0.5, 0.6) is 0 Å². The van der Waals surface area contributed by atoms with Crippen molar-refractivity contribution in [3.8, 4) is 0 Å². The summed E-state index contributed by atoms with van der Waals surface area (Å²) in [6, 6.07) is 2.02. The van der Waals surface area contributed by atoms with Crippen LogP contribution in [0.15, 0.2) is 6.07 Å². The second-order valence-corrected chi connectivity index (χ2v) is 3.58. The maximum absolute atomic E-state index is 4.55. The molecular weight excluding hydrogens is 200 g/mol. The van der Waals surface area contributed by atoms with Crippen LogP contribution in [0.2, 0.25) is 0 Å². The molecule has 0 aliphatic rings. The second kappa shape index (κ2) is 6.30. The Morgan fingerprint density at radius 2 is 1.81 bits per heavy atom. The first-order chi connectivity index (χ1) is 7.74. The average molecular weight is 222 g/mol. The van der Waals surface area contributed by atoms with E-state index in [9.17, 15) is 0 Å². The number of nitrogens with zero attached hydrogens (tertiary/aromatic N) is 3. The normalized spacial score (nSPS) is 10.2. The van der Waals surface area contributed by atoms with Gasteiger partial charge in [0.2, 0.25) is 0 Å². The molecular formula is C12H22N4. The Morgan fingerprint density at radius 3 is 2.31 bits per heavy atom. The Balaban J connectivity index is 3.02. The highest BCUT2D eigenvalue weighted by Crippen LogP contribution is 2.15. The van der Waals surface area contributed by atoms with E-state index >= 15 is 0 Å². The van der Waals surface area contributed by atoms with Crippen LogP contribution in [0.1, 0.15) is 33.5 Å². The predicted octanol–water partition coefficient (Wildman–Crippen LogP) is 2.32. The predicted molar refractivity (Wildman–Crippen MR) is 69.1 cm³/mol. The molecule has 16 heavy (non-hydrogen) atoms. The summed E-state index contributed by atoms with van der Waals surface area (Å²) < 4.78 is 0. The third-order valence-electron chi connectivity index (χ3n) is 2.52. The van der Waals surface area contributed by atoms with Gasteiger partial charge in [0, 0.05) is 32.1 Å². The maximum Gasteiger partial charge on any atom is 0.134 e. The van der Waals surface area contributed by atoms with Gasteiger partial charge in [-0.1, -0.05) is 6.92 Å². The van der Waals surface area contributed by atoms with Crippen LogP contribution in [0.4, 0.5) is 11.6 Å². The molecule has 90 valence electrons. The molecule has 0 aliphatic carbocycles. The molecule has 1 aromatic heterocycles. The molecule has 0 spiro atoms. The number of aryl methyl sites for hydroxylation is 1. The largest absolute Gasteiger partial charge is 0.370 e. The van der Waals surface area contributed by atoms with Crippen molar-refractivity contribution in [2.24, 2.45) is 0 Å². The molecule has 1 heterocycles. The van der Waals surface area contributed by atoms with Gasteiger partial charge in [0.05, 0.1) is 0 Å². The molecule has 0 atom stereocenters. The number of aromatic nitrogens is 2. The Kier molecular flexibility index (Phi) is 5.02. The number of rotatable bonds is 6. The lowest BCUT2D eigenvalue weighted by atomic mass is 10.4. The highest BCUT2D eigenvalue weighted by molar-refractivity contribution is 5.49. The molecule has 0 unspecified atom stereocenters. The van der Waals surface area contributed by atoms with E-state index in [4.69, 9.17) is 0 Å². The second-order valence-electron chi connectivity index (χ2n) is 3.58. The van der Waals surface area contributed by atoms with Gasteiger partial charge in [-0.05, 0) is 20.8 Å². The molecule has 4 heteroatoms. The topological polar surface area (TPSA) is 41.0 Å². The zero-order valence-electron chi connectivity index (χ0n) is 10.7. The first kappa shape index (κ1) is 12.7. The summed E-state index contributed by atoms with van der Waals surface area (Å²) in [5.41, 5.74) is 0. The Hall–Kier alpha value is -1.32. The van der Waals surface area contributed by atoms with Gasteiger partial charge in [0.1, 0.15) is 17.5 Å². The van der Waals surface area contributed by atoms with Crippen molar-refractivity contribution in [2.75, 3.05) is 29.9 Å². The molecule has 1 aromatic rings. The van der Waals surface area contributed by atoms with Gasteiger partial charge >= 0.3 is 0 Å². The number of hydrogen-bond acceptors (Lipinski definition) is 4. The van der Waals surface area contributed by atoms with Crippen molar-refractivity contribution in [3.05, 3.63) is 11.9 Å². The van der Waals surface area contributed by atoms with E-state index in [-0.39, 0.29) is 0 Å². The van der Waals surface area contributed by atoms with E-state index in [1.165, 1.54) is 0 Å². The van der Waals surface area contributed by atoms with E-state index in [0.29, 0.717) is 0 Å². The molecule has 0 saturated heterocycles. The molecule has 0 amide bonds. The van der Waals surface area contributed by atoms with Crippen LogP contribution in [0.25, 0.3) is 0 Å². The monoisotopic (exact) mass is 222 g/mol. The minimum absolute atomic E-state index is 0.869. The van der Waals surface area contributed by atoms with Gasteiger partial charge in [0.15, 0.2) is 0 Å². The van der Waals surface area contributed by atoms with Crippen LogP contribution >= 0.6 is 0 Å². The summed E-state index contributed by atoms with van der Waals surface area (Å²) in [4.78, 5) is 11.2. The average Bonchev–Trinajstić information content (AvgIpc) is 2.31. The molecule has 0 fully saturated rings. The highest BCUT2D eigenvalue weighted by atomic mass is 15.2. The van der Waals surface area contributed by atoms with Gasteiger partial charge in [-0.15, -0.1) is 0 Å². The molecule has 1 rings (SSSR count). The van der Waals surface area contributed by atoms with E-state index in [0.717, 1.165) is 43.5 Å². The first-order valence-corrected chi connectivity index (χ1v) is 6.11. The zero-order valence-corrected chi connectivity index (χ0v) is 10.7. The van der Waals surface area contributed by atoms with E-state index in [1.807, 2.05) is 6.07 Å². The zero-order chi connectivity index (χ0) is 12.0. The van der Waals surface area contributed by atoms with E-state index < -0.39 is 0 Å². The number of hydrogen-bond donors (Lipinski definition) is 1. The number of anilines is 2. The van der Waals surface area contributed by atoms with E-state index in [2.05, 4.69) is 47.9 Å². The summed E-state index contributed by atoms with van der Waals surface area (Å²) in [6.07, 6.45) is 0.869. The van der Waals surface area contributed by atoms with Crippen molar-refractivity contribution in [3.63, 3.8) is 0 Å². The molecule has 0 saturated carbocycles. The Labute approximate surface area is 98.1 Å². The fraction of sp³-hybridized carbons (Fsp3) is 0.667. The van der Waals surface area contributed by atoms with E-state index in [1.54, 1.807) is 0 Å². The fourth-order valence-corrected chi connectivity index (χ4v) is 1.62. The van der Waals surface area contributed by atoms with Crippen LogP contribution in [-0.4, -0.2) is 29.6 Å². The van der Waals surface area contributed by atoms with Crippen LogP contribution in [0, 0.1) is 0 Å². The van der Waals surface area contributed by atoms with Crippen LogP contribution in [0.3, 0.4) is 0 Å². The Morgan fingerprint density at radius 1 is 1.12 bits per heavy atom. The van der Waals surface area contributed by atoms with Gasteiger partial charge in [-0.3, -0.25) is 0 Å². The third-order valence-corrected chi connectivity index (χ3v) is 2.52. The summed E-state index contributed by atoms with van der Waals surface area (Å²) in [6.45, 7) is 11.3. The van der Waals surface area contributed by atoms with Crippen molar-refractivity contribution in [1.29, 1.82) is 0 Å². The molecule has 0 aromatic carbocycles. The van der Waals surface area contributed by atoms with Crippen molar-refractivity contribution in [2.45, 2.75) is 34.1 Å². The highest BCUT2D eigenvalue weighted by Gasteiger charge is 2.07. The number of nitrogens with one attached hydrogen (secondary N) is 1. The molecule has 0 radical (unpaired) electrons. The van der Waals surface area contributed by atoms with Gasteiger partial charge in [-0.25, -0.2) is 9.97 Å². The summed E-state index contributed by atoms with van der Waals surface area (Å²) in [5.74, 6) is 2.85. The quantitative estimate of drug-likeness (QED) is 0.802. The van der Waals surface area contributed by atoms with Crippen molar-refractivity contribution < 1.29 is 0 Å². The molecule has 1 N–H and O–H groups in total. The molecule has 0 aliphatic heterocycles. The SMILES string of the molecule is CCNc1cc(N(CC)CC)nc(CC)n1. The molecule has 0 bridgehead atoms. The van der Waals surface area contributed by atoms with Crippen molar-refractivity contribution in [1.82, 2.24) is 9.97 Å². The van der Waals surface area contributed by atoms with Crippen molar-refractivity contribution >= 4 is 11.6 Å². The summed E-state index contributed by atoms with van der Waals surface area (Å²) in [5, 5.41) is 3.25. The smallest absolute Gasteiger partial charge is 0.134 e. The van der Waals surface area contributed by atoms with Gasteiger partial charge < -0.3 is 10.2 Å². The lowest BCUT2D eigenvalue weighted by molar-refractivity contribution is 0.823. The summed E-state index contributed by atoms with van der Waals surface area (Å²) in [7, 11) is 0. The standard InChI is InChI=1S/C12H22N4/c1-5-10-14-11(13-6-2)9-12(15-10)16(7-3)8-4/h9H,5-8H2,1-4H3,(H,13,14,15). The van der Waals surface area contributed by atoms with Gasteiger partial charge in [0.25, 0.3) is 0 Å². The third kappa shape index (κ3) is 3.08. The minimum atomic E-state index is 0.869. The lowest BCUT2D eigenvalue weighted by Gasteiger charge is -2.20.